The summed E-state index contributed by atoms with van der Waals surface area (Å²) in [4.78, 5) is 0. The van der Waals surface area contributed by atoms with E-state index in [1.165, 1.54) is 44.2 Å². The molecule has 1 aliphatic rings. The molecule has 30 heavy (non-hydrogen) atoms. The lowest BCUT2D eigenvalue weighted by atomic mass is 9.59. The van der Waals surface area contributed by atoms with E-state index in [9.17, 15) is 0 Å². The van der Waals surface area contributed by atoms with Crippen LogP contribution in [0.15, 0.2) is 120 Å². The Morgan fingerprint density at radius 2 is 1.13 bits per heavy atom. The van der Waals surface area contributed by atoms with Gasteiger partial charge in [-0.05, 0) is 56.3 Å². The second kappa shape index (κ2) is 6.68. The zero-order chi connectivity index (χ0) is 20.1. The number of halogens is 1. The Morgan fingerprint density at radius 3 is 1.80 bits per heavy atom. The van der Waals surface area contributed by atoms with E-state index >= 15 is 0 Å². The molecule has 0 nitrogen and oxygen atoms in total. The van der Waals surface area contributed by atoms with E-state index < -0.39 is 0 Å². The fraction of sp³-hybridized carbons (Fsp3) is 0.0345. The Balaban J connectivity index is 1.91. The van der Waals surface area contributed by atoms with Crippen molar-refractivity contribution in [1.82, 2.24) is 0 Å². The molecule has 0 unspecified atom stereocenters. The number of fused-ring (bicyclic) bond motifs is 2. The minimum atomic E-state index is -0.379. The number of hydrogen-bond acceptors (Lipinski definition) is 0. The summed E-state index contributed by atoms with van der Waals surface area (Å²) in [5, 5.41) is 2.64. The first kappa shape index (κ1) is 17.7. The van der Waals surface area contributed by atoms with E-state index in [1.807, 2.05) is 0 Å². The molecular weight excluding hydrogens is 428 g/mol. The van der Waals surface area contributed by atoms with Crippen molar-refractivity contribution in [2.45, 2.75) is 5.41 Å². The number of hydrogen-bond donors (Lipinski definition) is 0. The van der Waals surface area contributed by atoms with Crippen molar-refractivity contribution in [2.75, 3.05) is 0 Å². The highest BCUT2D eigenvalue weighted by Gasteiger charge is 2.44. The lowest BCUT2D eigenvalue weighted by Gasteiger charge is -2.42. The van der Waals surface area contributed by atoms with Gasteiger partial charge in [-0.3, -0.25) is 0 Å². The summed E-state index contributed by atoms with van der Waals surface area (Å²) in [6.45, 7) is 0. The fourth-order valence-electron chi connectivity index (χ4n) is 5.25. The molecule has 6 rings (SSSR count). The molecule has 1 heteroatoms. The molecule has 0 aromatic heterocycles. The van der Waals surface area contributed by atoms with Crippen molar-refractivity contribution < 1.29 is 0 Å². The van der Waals surface area contributed by atoms with Crippen LogP contribution in [0.25, 0.3) is 21.9 Å². The summed E-state index contributed by atoms with van der Waals surface area (Å²) < 4.78 is 1.10. The summed E-state index contributed by atoms with van der Waals surface area (Å²) in [7, 11) is 0. The van der Waals surface area contributed by atoms with Crippen molar-refractivity contribution in [3.63, 3.8) is 0 Å². The minimum absolute atomic E-state index is 0.379. The van der Waals surface area contributed by atoms with Crippen LogP contribution < -0.4 is 0 Å². The summed E-state index contributed by atoms with van der Waals surface area (Å²) in [5.74, 6) is 0. The SMILES string of the molecule is Brc1ccc2c(c1)C(c1ccccc1)(c1ccccc1)c1cccc3cccc-2c13. The highest BCUT2D eigenvalue weighted by Crippen LogP contribution is 2.55. The van der Waals surface area contributed by atoms with Crippen molar-refractivity contribution in [2.24, 2.45) is 0 Å². The molecule has 5 aromatic carbocycles. The molecule has 142 valence electrons. The Hall–Kier alpha value is -3.16. The van der Waals surface area contributed by atoms with Crippen molar-refractivity contribution >= 4 is 26.7 Å². The third kappa shape index (κ3) is 2.33. The van der Waals surface area contributed by atoms with Crippen molar-refractivity contribution in [3.05, 3.63) is 142 Å². The van der Waals surface area contributed by atoms with Crippen molar-refractivity contribution in [1.29, 1.82) is 0 Å². The van der Waals surface area contributed by atoms with Crippen LogP contribution in [-0.4, -0.2) is 0 Å². The van der Waals surface area contributed by atoms with Crippen molar-refractivity contribution in [3.8, 4) is 11.1 Å². The average molecular weight is 447 g/mol. The standard InChI is InChI=1S/C29H19Br/c30-23-17-18-24-25-15-7-9-20-10-8-16-26(28(20)25)29(27(24)19-23,21-11-3-1-4-12-21)22-13-5-2-6-14-22/h1-19H. The maximum absolute atomic E-state index is 3.76. The van der Waals surface area contributed by atoms with Crippen LogP contribution >= 0.6 is 15.9 Å². The van der Waals surface area contributed by atoms with Gasteiger partial charge in [0.25, 0.3) is 0 Å². The van der Waals surface area contributed by atoms with Crippen LogP contribution in [0.1, 0.15) is 22.3 Å². The average Bonchev–Trinajstić information content (AvgIpc) is 2.81. The second-order valence-corrected chi connectivity index (χ2v) is 8.80. The van der Waals surface area contributed by atoms with Gasteiger partial charge in [-0.15, -0.1) is 0 Å². The van der Waals surface area contributed by atoms with E-state index in [2.05, 4.69) is 131 Å². The molecule has 5 aromatic rings. The zero-order valence-electron chi connectivity index (χ0n) is 16.3. The van der Waals surface area contributed by atoms with Gasteiger partial charge in [0.2, 0.25) is 0 Å². The quantitative estimate of drug-likeness (QED) is 0.253. The van der Waals surface area contributed by atoms with Gasteiger partial charge >= 0.3 is 0 Å². The molecule has 1 aliphatic carbocycles. The summed E-state index contributed by atoms with van der Waals surface area (Å²) in [5.41, 5.74) is 7.48. The Morgan fingerprint density at radius 1 is 0.500 bits per heavy atom. The molecule has 0 saturated carbocycles. The molecule has 0 amide bonds. The smallest absolute Gasteiger partial charge is 0.0622 e. The highest BCUT2D eigenvalue weighted by molar-refractivity contribution is 9.10. The van der Waals surface area contributed by atoms with Crippen LogP contribution in [-0.2, 0) is 5.41 Å². The van der Waals surface area contributed by atoms with Crippen LogP contribution in [0, 0.1) is 0 Å². The van der Waals surface area contributed by atoms with Crippen LogP contribution in [0.2, 0.25) is 0 Å². The van der Waals surface area contributed by atoms with Gasteiger partial charge in [0.1, 0.15) is 0 Å². The van der Waals surface area contributed by atoms with Gasteiger partial charge in [0.15, 0.2) is 0 Å². The monoisotopic (exact) mass is 446 g/mol. The maximum atomic E-state index is 3.76. The predicted molar refractivity (Wildman–Crippen MR) is 129 cm³/mol. The van der Waals surface area contributed by atoms with Gasteiger partial charge < -0.3 is 0 Å². The van der Waals surface area contributed by atoms with E-state index in [1.54, 1.807) is 0 Å². The molecule has 0 spiro atoms. The number of benzene rings is 5. The molecule has 0 radical (unpaired) electrons. The lowest BCUT2D eigenvalue weighted by molar-refractivity contribution is 0.749. The molecule has 0 aliphatic heterocycles. The van der Waals surface area contributed by atoms with Gasteiger partial charge in [-0.2, -0.15) is 0 Å². The van der Waals surface area contributed by atoms with E-state index in [4.69, 9.17) is 0 Å². The summed E-state index contributed by atoms with van der Waals surface area (Å²) in [6, 6.07) is 42.0. The summed E-state index contributed by atoms with van der Waals surface area (Å²) >= 11 is 3.76. The zero-order valence-corrected chi connectivity index (χ0v) is 17.9. The Bertz CT molecular complexity index is 1340. The third-order valence-corrected chi connectivity index (χ3v) is 6.89. The summed E-state index contributed by atoms with van der Waals surface area (Å²) in [6.07, 6.45) is 0. The predicted octanol–water partition coefficient (Wildman–Crippen LogP) is 7.97. The minimum Gasteiger partial charge on any atom is -0.0622 e. The van der Waals surface area contributed by atoms with Crippen LogP contribution in [0.3, 0.4) is 0 Å². The second-order valence-electron chi connectivity index (χ2n) is 7.88. The van der Waals surface area contributed by atoms with Gasteiger partial charge in [0, 0.05) is 4.47 Å². The van der Waals surface area contributed by atoms with Gasteiger partial charge in [-0.25, -0.2) is 0 Å². The largest absolute Gasteiger partial charge is 0.0714 e. The fourth-order valence-corrected chi connectivity index (χ4v) is 5.61. The Labute approximate surface area is 185 Å². The molecular formula is C29H19Br. The Kier molecular flexibility index (Phi) is 3.94. The van der Waals surface area contributed by atoms with Gasteiger partial charge in [-0.1, -0.05) is 119 Å². The highest BCUT2D eigenvalue weighted by atomic mass is 79.9. The molecule has 0 atom stereocenters. The molecule has 0 heterocycles. The number of rotatable bonds is 2. The van der Waals surface area contributed by atoms with Gasteiger partial charge in [0.05, 0.1) is 5.41 Å². The first-order valence-electron chi connectivity index (χ1n) is 10.2. The topological polar surface area (TPSA) is 0 Å². The molecule has 0 fully saturated rings. The van der Waals surface area contributed by atoms with E-state index in [0.29, 0.717) is 0 Å². The van der Waals surface area contributed by atoms with E-state index in [-0.39, 0.29) is 5.41 Å². The lowest BCUT2D eigenvalue weighted by Crippen LogP contribution is -2.33. The van der Waals surface area contributed by atoms with E-state index in [0.717, 1.165) is 4.47 Å². The van der Waals surface area contributed by atoms with Crippen LogP contribution in [0.4, 0.5) is 0 Å². The maximum Gasteiger partial charge on any atom is 0.0714 e. The van der Waals surface area contributed by atoms with Crippen LogP contribution in [0.5, 0.6) is 0 Å². The first-order chi connectivity index (χ1) is 14.8. The molecule has 0 N–H and O–H groups in total. The third-order valence-electron chi connectivity index (χ3n) is 6.40. The molecule has 0 bridgehead atoms. The normalized spacial score (nSPS) is 13.8. The first-order valence-corrected chi connectivity index (χ1v) is 11.0. The molecule has 0 saturated heterocycles.